The molecule has 1 aromatic heterocycles. The second-order valence-electron chi connectivity index (χ2n) is 5.60. The molecule has 20 heavy (non-hydrogen) atoms. The van der Waals surface area contributed by atoms with E-state index in [4.69, 9.17) is 9.26 Å². The lowest BCUT2D eigenvalue weighted by atomic mass is 10.2. The summed E-state index contributed by atoms with van der Waals surface area (Å²) in [6, 6.07) is 2.64. The van der Waals surface area contributed by atoms with E-state index in [9.17, 15) is 0 Å². The van der Waals surface area contributed by atoms with Gasteiger partial charge in [0.1, 0.15) is 6.61 Å². The van der Waals surface area contributed by atoms with Gasteiger partial charge in [-0.05, 0) is 32.4 Å². The number of nitrogens with one attached hydrogen (secondary N) is 1. The second kappa shape index (κ2) is 8.39. The average molecular weight is 281 g/mol. The summed E-state index contributed by atoms with van der Waals surface area (Å²) in [5.41, 5.74) is 1.01. The SMILES string of the molecule is CCCCN(Cc1cc(COC)on1)CC1CCCN1. The summed E-state index contributed by atoms with van der Waals surface area (Å²) < 4.78 is 10.3. The molecular formula is C15H27N3O2. The van der Waals surface area contributed by atoms with Crippen molar-refractivity contribution in [3.63, 3.8) is 0 Å². The summed E-state index contributed by atoms with van der Waals surface area (Å²) in [4.78, 5) is 2.49. The van der Waals surface area contributed by atoms with Gasteiger partial charge >= 0.3 is 0 Å². The minimum Gasteiger partial charge on any atom is -0.377 e. The van der Waals surface area contributed by atoms with Crippen molar-refractivity contribution in [2.45, 2.75) is 51.8 Å². The Morgan fingerprint density at radius 3 is 3.15 bits per heavy atom. The number of rotatable bonds is 9. The van der Waals surface area contributed by atoms with E-state index in [0.29, 0.717) is 12.6 Å². The van der Waals surface area contributed by atoms with Crippen molar-refractivity contribution in [1.29, 1.82) is 0 Å². The first-order valence-corrected chi connectivity index (χ1v) is 7.71. The Labute approximate surface area is 121 Å². The minimum absolute atomic E-state index is 0.492. The number of methoxy groups -OCH3 is 1. The molecule has 1 saturated heterocycles. The maximum atomic E-state index is 5.26. The van der Waals surface area contributed by atoms with Gasteiger partial charge in [-0.25, -0.2) is 0 Å². The fourth-order valence-electron chi connectivity index (χ4n) is 2.71. The van der Waals surface area contributed by atoms with Crippen LogP contribution >= 0.6 is 0 Å². The van der Waals surface area contributed by atoms with Crippen LogP contribution in [0.15, 0.2) is 10.6 Å². The van der Waals surface area contributed by atoms with Crippen LogP contribution in [-0.4, -0.2) is 42.8 Å². The van der Waals surface area contributed by atoms with Crippen molar-refractivity contribution in [3.05, 3.63) is 17.5 Å². The first kappa shape index (κ1) is 15.5. The van der Waals surface area contributed by atoms with Gasteiger partial charge < -0.3 is 14.6 Å². The lowest BCUT2D eigenvalue weighted by Crippen LogP contribution is -2.37. The van der Waals surface area contributed by atoms with E-state index in [1.807, 2.05) is 6.07 Å². The summed E-state index contributed by atoms with van der Waals surface area (Å²) in [5, 5.41) is 7.71. The number of aromatic nitrogens is 1. The Morgan fingerprint density at radius 1 is 1.55 bits per heavy atom. The second-order valence-corrected chi connectivity index (χ2v) is 5.60. The fourth-order valence-corrected chi connectivity index (χ4v) is 2.71. The molecular weight excluding hydrogens is 254 g/mol. The molecule has 2 heterocycles. The molecule has 1 fully saturated rings. The van der Waals surface area contributed by atoms with Crippen LogP contribution in [0.1, 0.15) is 44.1 Å². The van der Waals surface area contributed by atoms with Crippen molar-refractivity contribution < 1.29 is 9.26 Å². The van der Waals surface area contributed by atoms with Gasteiger partial charge in [0.15, 0.2) is 5.76 Å². The van der Waals surface area contributed by atoms with Crippen LogP contribution in [0.5, 0.6) is 0 Å². The zero-order valence-corrected chi connectivity index (χ0v) is 12.7. The maximum Gasteiger partial charge on any atom is 0.162 e. The van der Waals surface area contributed by atoms with Gasteiger partial charge in [0.05, 0.1) is 5.69 Å². The zero-order chi connectivity index (χ0) is 14.2. The Kier molecular flexibility index (Phi) is 6.50. The fraction of sp³-hybridized carbons (Fsp3) is 0.800. The normalized spacial score (nSPS) is 19.1. The van der Waals surface area contributed by atoms with E-state index < -0.39 is 0 Å². The Bertz CT molecular complexity index is 375. The highest BCUT2D eigenvalue weighted by atomic mass is 16.5. The van der Waals surface area contributed by atoms with Crippen LogP contribution in [-0.2, 0) is 17.9 Å². The summed E-state index contributed by atoms with van der Waals surface area (Å²) >= 11 is 0. The average Bonchev–Trinajstić information content (AvgIpc) is 3.09. The highest BCUT2D eigenvalue weighted by Gasteiger charge is 2.18. The van der Waals surface area contributed by atoms with E-state index in [0.717, 1.165) is 37.6 Å². The van der Waals surface area contributed by atoms with Crippen LogP contribution in [0, 0.1) is 0 Å². The first-order chi connectivity index (χ1) is 9.81. The van der Waals surface area contributed by atoms with Gasteiger partial charge in [-0.15, -0.1) is 0 Å². The van der Waals surface area contributed by atoms with Gasteiger partial charge in [-0.3, -0.25) is 4.90 Å². The van der Waals surface area contributed by atoms with Gasteiger partial charge in [0.2, 0.25) is 0 Å². The van der Waals surface area contributed by atoms with E-state index in [-0.39, 0.29) is 0 Å². The van der Waals surface area contributed by atoms with E-state index in [1.54, 1.807) is 7.11 Å². The third kappa shape index (κ3) is 4.89. The largest absolute Gasteiger partial charge is 0.377 e. The van der Waals surface area contributed by atoms with Crippen molar-refractivity contribution >= 4 is 0 Å². The minimum atomic E-state index is 0.492. The predicted molar refractivity (Wildman–Crippen MR) is 78.4 cm³/mol. The molecule has 0 amide bonds. The van der Waals surface area contributed by atoms with Gasteiger partial charge in [-0.2, -0.15) is 0 Å². The van der Waals surface area contributed by atoms with E-state index in [2.05, 4.69) is 22.3 Å². The standard InChI is InChI=1S/C15H27N3O2/c1-3-4-8-18(10-13-6-5-7-16-13)11-14-9-15(12-19-2)20-17-14/h9,13,16H,3-8,10-12H2,1-2H3. The first-order valence-electron chi connectivity index (χ1n) is 7.71. The molecule has 1 unspecified atom stereocenters. The molecule has 5 nitrogen and oxygen atoms in total. The molecule has 5 heteroatoms. The summed E-state index contributed by atoms with van der Waals surface area (Å²) in [5.74, 6) is 0.803. The predicted octanol–water partition coefficient (Wildman–Crippen LogP) is 2.18. The summed E-state index contributed by atoms with van der Waals surface area (Å²) in [6.45, 7) is 6.98. The van der Waals surface area contributed by atoms with Crippen LogP contribution in [0.3, 0.4) is 0 Å². The Balaban J connectivity index is 1.87. The molecule has 0 radical (unpaired) electrons. The highest BCUT2D eigenvalue weighted by Crippen LogP contribution is 2.12. The molecule has 2 rings (SSSR count). The molecule has 0 saturated carbocycles. The number of ether oxygens (including phenoxy) is 1. The number of hydrogen-bond donors (Lipinski definition) is 1. The number of unbranched alkanes of at least 4 members (excludes halogenated alkanes) is 1. The van der Waals surface area contributed by atoms with Crippen LogP contribution in [0.2, 0.25) is 0 Å². The Morgan fingerprint density at radius 2 is 2.45 bits per heavy atom. The number of nitrogens with zero attached hydrogens (tertiary/aromatic N) is 2. The van der Waals surface area contributed by atoms with E-state index >= 15 is 0 Å². The molecule has 114 valence electrons. The lowest BCUT2D eigenvalue weighted by molar-refractivity contribution is 0.155. The molecule has 1 N–H and O–H groups in total. The van der Waals surface area contributed by atoms with Gasteiger partial charge in [0.25, 0.3) is 0 Å². The zero-order valence-electron chi connectivity index (χ0n) is 12.7. The summed E-state index contributed by atoms with van der Waals surface area (Å²) in [7, 11) is 1.67. The molecule has 0 bridgehead atoms. The van der Waals surface area contributed by atoms with Crippen LogP contribution < -0.4 is 5.32 Å². The maximum absolute atomic E-state index is 5.26. The molecule has 1 aliphatic heterocycles. The lowest BCUT2D eigenvalue weighted by Gasteiger charge is -2.24. The molecule has 1 atom stereocenters. The molecule has 0 spiro atoms. The monoisotopic (exact) mass is 281 g/mol. The quantitative estimate of drug-likeness (QED) is 0.752. The van der Waals surface area contributed by atoms with Gasteiger partial charge in [-0.1, -0.05) is 18.5 Å². The van der Waals surface area contributed by atoms with Crippen molar-refractivity contribution in [2.24, 2.45) is 0 Å². The third-order valence-corrected chi connectivity index (χ3v) is 3.75. The van der Waals surface area contributed by atoms with Crippen molar-refractivity contribution in [3.8, 4) is 0 Å². The van der Waals surface area contributed by atoms with Crippen LogP contribution in [0.4, 0.5) is 0 Å². The van der Waals surface area contributed by atoms with E-state index in [1.165, 1.54) is 25.7 Å². The van der Waals surface area contributed by atoms with Crippen molar-refractivity contribution in [2.75, 3.05) is 26.7 Å². The molecule has 1 aliphatic rings. The van der Waals surface area contributed by atoms with Gasteiger partial charge in [0, 0.05) is 32.3 Å². The Hall–Kier alpha value is -0.910. The third-order valence-electron chi connectivity index (χ3n) is 3.75. The van der Waals surface area contributed by atoms with Crippen LogP contribution in [0.25, 0.3) is 0 Å². The molecule has 0 aliphatic carbocycles. The topological polar surface area (TPSA) is 50.5 Å². The number of hydrogen-bond acceptors (Lipinski definition) is 5. The molecule has 1 aromatic rings. The highest BCUT2D eigenvalue weighted by molar-refractivity contribution is 5.04. The summed E-state index contributed by atoms with van der Waals surface area (Å²) in [6.07, 6.45) is 5.04. The molecule has 0 aromatic carbocycles. The smallest absolute Gasteiger partial charge is 0.162 e. The van der Waals surface area contributed by atoms with Crippen molar-refractivity contribution in [1.82, 2.24) is 15.4 Å².